The van der Waals surface area contributed by atoms with Crippen LogP contribution in [0.25, 0.3) is 0 Å². The number of ether oxygens (including phenoxy) is 2. The largest absolute Gasteiger partial charge is 0.470 e. The Labute approximate surface area is 104 Å². The summed E-state index contributed by atoms with van der Waals surface area (Å²) in [6.45, 7) is 6.15. The normalized spacial score (nSPS) is 11.3. The second kappa shape index (κ2) is 5.58. The SMILES string of the molecule is CC(C)(C)OCCOc1ncnc(N)c1[N+](=O)[O-]. The van der Waals surface area contributed by atoms with Gasteiger partial charge in [0.25, 0.3) is 5.88 Å². The molecule has 0 spiro atoms. The molecule has 0 unspecified atom stereocenters. The summed E-state index contributed by atoms with van der Waals surface area (Å²) in [6, 6.07) is 0. The lowest BCUT2D eigenvalue weighted by Gasteiger charge is -2.19. The van der Waals surface area contributed by atoms with Gasteiger partial charge in [0.05, 0.1) is 17.1 Å². The highest BCUT2D eigenvalue weighted by molar-refractivity contribution is 5.57. The molecule has 0 saturated carbocycles. The van der Waals surface area contributed by atoms with E-state index in [0.29, 0.717) is 6.61 Å². The van der Waals surface area contributed by atoms with Crippen molar-refractivity contribution >= 4 is 11.5 Å². The van der Waals surface area contributed by atoms with Gasteiger partial charge in [-0.25, -0.2) is 4.98 Å². The minimum atomic E-state index is -0.671. The van der Waals surface area contributed by atoms with Crippen LogP contribution in [0.15, 0.2) is 6.33 Å². The quantitative estimate of drug-likeness (QED) is 0.477. The maximum atomic E-state index is 10.8. The van der Waals surface area contributed by atoms with E-state index in [1.165, 1.54) is 0 Å². The molecule has 18 heavy (non-hydrogen) atoms. The second-order valence-electron chi connectivity index (χ2n) is 4.48. The minimum Gasteiger partial charge on any atom is -0.470 e. The van der Waals surface area contributed by atoms with E-state index in [9.17, 15) is 10.1 Å². The smallest absolute Gasteiger partial charge is 0.372 e. The summed E-state index contributed by atoms with van der Waals surface area (Å²) in [5, 5.41) is 10.8. The third kappa shape index (κ3) is 4.13. The summed E-state index contributed by atoms with van der Waals surface area (Å²) in [6.07, 6.45) is 1.11. The number of nitro groups is 1. The lowest BCUT2D eigenvalue weighted by atomic mass is 10.2. The van der Waals surface area contributed by atoms with E-state index in [0.717, 1.165) is 6.33 Å². The van der Waals surface area contributed by atoms with Gasteiger partial charge < -0.3 is 15.2 Å². The second-order valence-corrected chi connectivity index (χ2v) is 4.48. The molecule has 1 heterocycles. The topological polar surface area (TPSA) is 113 Å². The summed E-state index contributed by atoms with van der Waals surface area (Å²) in [5.41, 5.74) is 4.68. The minimum absolute atomic E-state index is 0.147. The van der Waals surface area contributed by atoms with Crippen LogP contribution in [0, 0.1) is 10.1 Å². The first-order chi connectivity index (χ1) is 8.31. The van der Waals surface area contributed by atoms with Crippen molar-refractivity contribution in [2.24, 2.45) is 0 Å². The fraction of sp³-hybridized carbons (Fsp3) is 0.600. The molecule has 0 aromatic carbocycles. The molecular formula is C10H16N4O4. The van der Waals surface area contributed by atoms with E-state index in [2.05, 4.69) is 9.97 Å². The van der Waals surface area contributed by atoms with Crippen LogP contribution in [0.2, 0.25) is 0 Å². The van der Waals surface area contributed by atoms with Crippen LogP contribution >= 0.6 is 0 Å². The van der Waals surface area contributed by atoms with E-state index in [1.54, 1.807) is 0 Å². The van der Waals surface area contributed by atoms with Crippen LogP contribution in [-0.2, 0) is 4.74 Å². The Hall–Kier alpha value is -1.96. The summed E-state index contributed by atoms with van der Waals surface area (Å²) in [5.74, 6) is -0.369. The van der Waals surface area contributed by atoms with E-state index in [-0.39, 0.29) is 23.9 Å². The van der Waals surface area contributed by atoms with E-state index < -0.39 is 10.6 Å². The number of hydrogen-bond acceptors (Lipinski definition) is 7. The van der Waals surface area contributed by atoms with Gasteiger partial charge in [-0.15, -0.1) is 0 Å². The van der Waals surface area contributed by atoms with Crippen LogP contribution < -0.4 is 10.5 Å². The molecule has 8 nitrogen and oxygen atoms in total. The first-order valence-corrected chi connectivity index (χ1v) is 5.33. The predicted molar refractivity (Wildman–Crippen MR) is 64.3 cm³/mol. The van der Waals surface area contributed by atoms with Crippen molar-refractivity contribution in [1.82, 2.24) is 9.97 Å². The number of rotatable bonds is 5. The molecule has 1 aromatic heterocycles. The molecule has 0 bridgehead atoms. The van der Waals surface area contributed by atoms with E-state index >= 15 is 0 Å². The van der Waals surface area contributed by atoms with Crippen molar-refractivity contribution in [2.45, 2.75) is 26.4 Å². The van der Waals surface area contributed by atoms with E-state index in [4.69, 9.17) is 15.2 Å². The summed E-state index contributed by atoms with van der Waals surface area (Å²) in [7, 11) is 0. The van der Waals surface area contributed by atoms with Crippen molar-refractivity contribution in [3.8, 4) is 5.88 Å². The molecule has 0 amide bonds. The van der Waals surface area contributed by atoms with Gasteiger partial charge in [0.1, 0.15) is 12.9 Å². The van der Waals surface area contributed by atoms with Crippen LogP contribution in [0.5, 0.6) is 5.88 Å². The Kier molecular flexibility index (Phi) is 4.38. The average molecular weight is 256 g/mol. The molecule has 0 saturated heterocycles. The van der Waals surface area contributed by atoms with Gasteiger partial charge in [-0.1, -0.05) is 0 Å². The highest BCUT2D eigenvalue weighted by Gasteiger charge is 2.22. The molecule has 0 aliphatic heterocycles. The summed E-state index contributed by atoms with van der Waals surface area (Å²) >= 11 is 0. The molecular weight excluding hydrogens is 240 g/mol. The van der Waals surface area contributed by atoms with Gasteiger partial charge in [0.15, 0.2) is 0 Å². The van der Waals surface area contributed by atoms with Gasteiger partial charge in [0.2, 0.25) is 5.82 Å². The number of anilines is 1. The average Bonchev–Trinajstić information content (AvgIpc) is 2.22. The van der Waals surface area contributed by atoms with Crippen molar-refractivity contribution < 1.29 is 14.4 Å². The van der Waals surface area contributed by atoms with Gasteiger partial charge in [0, 0.05) is 0 Å². The van der Waals surface area contributed by atoms with Crippen molar-refractivity contribution in [3.05, 3.63) is 16.4 Å². The highest BCUT2D eigenvalue weighted by atomic mass is 16.6. The molecule has 1 rings (SSSR count). The molecule has 2 N–H and O–H groups in total. The number of nitrogens with two attached hydrogens (primary N) is 1. The number of hydrogen-bond donors (Lipinski definition) is 1. The molecule has 100 valence electrons. The van der Waals surface area contributed by atoms with Gasteiger partial charge in [-0.05, 0) is 20.8 Å². The summed E-state index contributed by atoms with van der Waals surface area (Å²) < 4.78 is 10.6. The molecule has 0 fully saturated rings. The monoisotopic (exact) mass is 256 g/mol. The van der Waals surface area contributed by atoms with Gasteiger partial charge >= 0.3 is 5.69 Å². The molecule has 8 heteroatoms. The lowest BCUT2D eigenvalue weighted by molar-refractivity contribution is -0.385. The molecule has 0 radical (unpaired) electrons. The van der Waals surface area contributed by atoms with Crippen LogP contribution in [0.1, 0.15) is 20.8 Å². The van der Waals surface area contributed by atoms with Crippen LogP contribution in [0.4, 0.5) is 11.5 Å². The Morgan fingerprint density at radius 2 is 2.06 bits per heavy atom. The zero-order valence-electron chi connectivity index (χ0n) is 10.5. The van der Waals surface area contributed by atoms with Gasteiger partial charge in [-0.3, -0.25) is 10.1 Å². The standard InChI is InChI=1S/C10H16N4O4/c1-10(2,3)18-5-4-17-9-7(14(15)16)8(11)12-6-13-9/h6H,4-5H2,1-3H3,(H2,11,12,13). The van der Waals surface area contributed by atoms with Crippen molar-refractivity contribution in [1.29, 1.82) is 0 Å². The van der Waals surface area contributed by atoms with Crippen molar-refractivity contribution in [2.75, 3.05) is 18.9 Å². The van der Waals surface area contributed by atoms with E-state index in [1.807, 2.05) is 20.8 Å². The Morgan fingerprint density at radius 1 is 1.39 bits per heavy atom. The third-order valence-corrected chi connectivity index (χ3v) is 1.86. The zero-order valence-corrected chi connectivity index (χ0v) is 10.5. The first kappa shape index (κ1) is 14.1. The number of aromatic nitrogens is 2. The van der Waals surface area contributed by atoms with Crippen LogP contribution in [-0.4, -0.2) is 33.7 Å². The maximum absolute atomic E-state index is 10.8. The van der Waals surface area contributed by atoms with Gasteiger partial charge in [-0.2, -0.15) is 4.98 Å². The Balaban J connectivity index is 2.63. The summed E-state index contributed by atoms with van der Waals surface area (Å²) in [4.78, 5) is 17.3. The highest BCUT2D eigenvalue weighted by Crippen LogP contribution is 2.28. The van der Waals surface area contributed by atoms with Crippen LogP contribution in [0.3, 0.4) is 0 Å². The Morgan fingerprint density at radius 3 is 2.61 bits per heavy atom. The van der Waals surface area contributed by atoms with Crippen molar-refractivity contribution in [3.63, 3.8) is 0 Å². The molecule has 0 atom stereocenters. The maximum Gasteiger partial charge on any atom is 0.372 e. The molecule has 0 aliphatic rings. The lowest BCUT2D eigenvalue weighted by Crippen LogP contribution is -2.22. The fourth-order valence-electron chi connectivity index (χ4n) is 1.14. The number of nitrogen functional groups attached to an aromatic ring is 1. The first-order valence-electron chi connectivity index (χ1n) is 5.33. The molecule has 1 aromatic rings. The third-order valence-electron chi connectivity index (χ3n) is 1.86. The zero-order chi connectivity index (χ0) is 13.8. The number of nitrogens with zero attached hydrogens (tertiary/aromatic N) is 3. The Bertz CT molecular complexity index is 430. The fourth-order valence-corrected chi connectivity index (χ4v) is 1.14. The molecule has 0 aliphatic carbocycles. The predicted octanol–water partition coefficient (Wildman–Crippen LogP) is 1.16.